The highest BCUT2D eigenvalue weighted by atomic mass is 16.5. The monoisotopic (exact) mass is 300 g/mol. The van der Waals surface area contributed by atoms with Gasteiger partial charge in [0, 0.05) is 32.5 Å². The molecule has 0 spiro atoms. The Morgan fingerprint density at radius 1 is 0.857 bits per heavy atom. The number of rotatable bonds is 9. The smallest absolute Gasteiger partial charge is 0.332 e. The Bertz CT molecular complexity index is 405. The standard InChI is InChI=1S/C13H20N2O6/c1-10(16)14-7-3-4-8-20-12(18)5-6-13(19)21-9-15-11(2)17/h5-6H,3-4,7-9H2,1-2H3,(H,14,16)(H,15,17)/b6-5+. The second-order valence-corrected chi connectivity index (χ2v) is 4.03. The topological polar surface area (TPSA) is 111 Å². The first-order chi connectivity index (χ1) is 9.91. The second-order valence-electron chi connectivity index (χ2n) is 4.03. The number of hydrogen-bond donors (Lipinski definition) is 2. The Morgan fingerprint density at radius 3 is 2.00 bits per heavy atom. The summed E-state index contributed by atoms with van der Waals surface area (Å²) in [4.78, 5) is 43.4. The van der Waals surface area contributed by atoms with Crippen LogP contribution in [-0.4, -0.2) is 43.6 Å². The molecule has 0 aromatic heterocycles. The van der Waals surface area contributed by atoms with Gasteiger partial charge in [-0.15, -0.1) is 0 Å². The maximum Gasteiger partial charge on any atom is 0.332 e. The highest BCUT2D eigenvalue weighted by molar-refractivity contribution is 5.91. The summed E-state index contributed by atoms with van der Waals surface area (Å²) in [5.74, 6) is -1.85. The van der Waals surface area contributed by atoms with Gasteiger partial charge in [0.2, 0.25) is 11.8 Å². The number of carbonyl (C=O) groups excluding carboxylic acids is 4. The van der Waals surface area contributed by atoms with E-state index in [0.717, 1.165) is 12.2 Å². The van der Waals surface area contributed by atoms with E-state index in [1.165, 1.54) is 13.8 Å². The van der Waals surface area contributed by atoms with Gasteiger partial charge in [-0.3, -0.25) is 9.59 Å². The Labute approximate surface area is 122 Å². The minimum Gasteiger partial charge on any atom is -0.463 e. The van der Waals surface area contributed by atoms with Crippen molar-refractivity contribution in [2.45, 2.75) is 26.7 Å². The molecule has 0 aromatic carbocycles. The van der Waals surface area contributed by atoms with Gasteiger partial charge in [0.15, 0.2) is 6.73 Å². The summed E-state index contributed by atoms with van der Waals surface area (Å²) < 4.78 is 9.40. The quantitative estimate of drug-likeness (QED) is 0.260. The Morgan fingerprint density at radius 2 is 1.43 bits per heavy atom. The molecule has 21 heavy (non-hydrogen) atoms. The lowest BCUT2D eigenvalue weighted by Crippen LogP contribution is -2.24. The van der Waals surface area contributed by atoms with Crippen molar-refractivity contribution in [2.75, 3.05) is 19.9 Å². The van der Waals surface area contributed by atoms with Crippen LogP contribution in [0.15, 0.2) is 12.2 Å². The molecule has 8 heteroatoms. The van der Waals surface area contributed by atoms with E-state index < -0.39 is 11.9 Å². The lowest BCUT2D eigenvalue weighted by atomic mass is 10.3. The van der Waals surface area contributed by atoms with Gasteiger partial charge in [-0.2, -0.15) is 0 Å². The molecule has 2 N–H and O–H groups in total. The van der Waals surface area contributed by atoms with Crippen molar-refractivity contribution >= 4 is 23.8 Å². The van der Waals surface area contributed by atoms with Gasteiger partial charge in [0.05, 0.1) is 6.61 Å². The number of unbranched alkanes of at least 4 members (excludes halogenated alkanes) is 1. The third-order valence-corrected chi connectivity index (χ3v) is 2.08. The van der Waals surface area contributed by atoms with Crippen LogP contribution in [0.1, 0.15) is 26.7 Å². The molecule has 0 aliphatic carbocycles. The van der Waals surface area contributed by atoms with Crippen LogP contribution in [0, 0.1) is 0 Å². The summed E-state index contributed by atoms with van der Waals surface area (Å²) in [5.41, 5.74) is 0. The molecule has 0 rings (SSSR count). The molecule has 2 amide bonds. The molecule has 0 atom stereocenters. The van der Waals surface area contributed by atoms with Gasteiger partial charge in [0.1, 0.15) is 0 Å². The molecule has 0 radical (unpaired) electrons. The number of carbonyl (C=O) groups is 4. The average molecular weight is 300 g/mol. The van der Waals surface area contributed by atoms with Gasteiger partial charge in [-0.25, -0.2) is 9.59 Å². The van der Waals surface area contributed by atoms with E-state index in [1.807, 2.05) is 0 Å². The molecule has 0 unspecified atom stereocenters. The van der Waals surface area contributed by atoms with Gasteiger partial charge in [-0.1, -0.05) is 0 Å². The molecule has 0 saturated carbocycles. The summed E-state index contributed by atoms with van der Waals surface area (Å²) in [6, 6.07) is 0. The zero-order valence-corrected chi connectivity index (χ0v) is 12.1. The van der Waals surface area contributed by atoms with E-state index in [1.54, 1.807) is 0 Å². The summed E-state index contributed by atoms with van der Waals surface area (Å²) in [5, 5.41) is 4.88. The summed E-state index contributed by atoms with van der Waals surface area (Å²) in [6.07, 6.45) is 3.16. The van der Waals surface area contributed by atoms with E-state index in [9.17, 15) is 19.2 Å². The van der Waals surface area contributed by atoms with E-state index in [0.29, 0.717) is 19.4 Å². The fourth-order valence-corrected chi connectivity index (χ4v) is 1.11. The lowest BCUT2D eigenvalue weighted by Gasteiger charge is -2.03. The first-order valence-electron chi connectivity index (χ1n) is 6.42. The normalized spacial score (nSPS) is 10.0. The van der Waals surface area contributed by atoms with Crippen LogP contribution < -0.4 is 10.6 Å². The molecule has 0 heterocycles. The minimum absolute atomic E-state index is 0.104. The average Bonchev–Trinajstić information content (AvgIpc) is 2.39. The Kier molecular flexibility index (Phi) is 10.1. The number of nitrogens with one attached hydrogen (secondary N) is 2. The lowest BCUT2D eigenvalue weighted by molar-refractivity contribution is -0.141. The molecular weight excluding hydrogens is 280 g/mol. The molecule has 8 nitrogen and oxygen atoms in total. The van der Waals surface area contributed by atoms with Gasteiger partial charge >= 0.3 is 11.9 Å². The van der Waals surface area contributed by atoms with Crippen molar-refractivity contribution in [3.8, 4) is 0 Å². The van der Waals surface area contributed by atoms with Crippen LogP contribution in [0.2, 0.25) is 0 Å². The first-order valence-corrected chi connectivity index (χ1v) is 6.42. The van der Waals surface area contributed by atoms with E-state index in [-0.39, 0.29) is 25.2 Å². The van der Waals surface area contributed by atoms with Crippen molar-refractivity contribution in [3.63, 3.8) is 0 Å². The van der Waals surface area contributed by atoms with Crippen LogP contribution >= 0.6 is 0 Å². The fraction of sp³-hybridized carbons (Fsp3) is 0.538. The van der Waals surface area contributed by atoms with Crippen molar-refractivity contribution < 1.29 is 28.7 Å². The van der Waals surface area contributed by atoms with Gasteiger partial charge in [-0.05, 0) is 12.8 Å². The third kappa shape index (κ3) is 13.8. The predicted octanol–water partition coefficient (Wildman–Crippen LogP) is -0.361. The first kappa shape index (κ1) is 18.6. The van der Waals surface area contributed by atoms with Crippen molar-refractivity contribution in [2.24, 2.45) is 0 Å². The van der Waals surface area contributed by atoms with Crippen LogP contribution in [0.25, 0.3) is 0 Å². The fourth-order valence-electron chi connectivity index (χ4n) is 1.11. The Balaban J connectivity index is 3.63. The zero-order valence-electron chi connectivity index (χ0n) is 12.1. The number of esters is 2. The van der Waals surface area contributed by atoms with Crippen LogP contribution in [0.4, 0.5) is 0 Å². The summed E-state index contributed by atoms with van der Waals surface area (Å²) >= 11 is 0. The SMILES string of the molecule is CC(=O)NCCCCOC(=O)/C=C/C(=O)OCNC(C)=O. The second kappa shape index (κ2) is 11.4. The molecule has 0 aromatic rings. The van der Waals surface area contributed by atoms with E-state index in [4.69, 9.17) is 4.74 Å². The van der Waals surface area contributed by atoms with Crippen molar-refractivity contribution in [3.05, 3.63) is 12.2 Å². The van der Waals surface area contributed by atoms with E-state index in [2.05, 4.69) is 15.4 Å². The molecule has 118 valence electrons. The van der Waals surface area contributed by atoms with Crippen LogP contribution in [0.5, 0.6) is 0 Å². The van der Waals surface area contributed by atoms with Crippen molar-refractivity contribution in [1.82, 2.24) is 10.6 Å². The zero-order chi connectivity index (χ0) is 16.1. The number of amides is 2. The minimum atomic E-state index is -0.758. The maximum atomic E-state index is 11.2. The third-order valence-electron chi connectivity index (χ3n) is 2.08. The molecule has 0 aliphatic rings. The molecule has 0 saturated heterocycles. The molecule has 0 aliphatic heterocycles. The van der Waals surface area contributed by atoms with Gasteiger partial charge in [0.25, 0.3) is 0 Å². The van der Waals surface area contributed by atoms with Crippen LogP contribution in [-0.2, 0) is 28.7 Å². The van der Waals surface area contributed by atoms with E-state index >= 15 is 0 Å². The largest absolute Gasteiger partial charge is 0.463 e. The molecule has 0 bridgehead atoms. The number of ether oxygens (including phenoxy) is 2. The molecular formula is C13H20N2O6. The maximum absolute atomic E-state index is 11.2. The molecule has 0 fully saturated rings. The van der Waals surface area contributed by atoms with Crippen LogP contribution in [0.3, 0.4) is 0 Å². The summed E-state index contributed by atoms with van der Waals surface area (Å²) in [7, 11) is 0. The highest BCUT2D eigenvalue weighted by Gasteiger charge is 2.01. The Hall–Kier alpha value is -2.38. The summed E-state index contributed by atoms with van der Waals surface area (Å²) in [6.45, 7) is 3.18. The predicted molar refractivity (Wildman–Crippen MR) is 72.8 cm³/mol. The number of hydrogen-bond acceptors (Lipinski definition) is 6. The van der Waals surface area contributed by atoms with Gasteiger partial charge < -0.3 is 20.1 Å². The van der Waals surface area contributed by atoms with Crippen molar-refractivity contribution in [1.29, 1.82) is 0 Å². The highest BCUT2D eigenvalue weighted by Crippen LogP contribution is 1.91.